The minimum atomic E-state index is -0.315. The minimum absolute atomic E-state index is 0.203. The lowest BCUT2D eigenvalue weighted by molar-refractivity contribution is 0.0941. The number of aromatic nitrogens is 5. The zero-order chi connectivity index (χ0) is 22.4. The summed E-state index contributed by atoms with van der Waals surface area (Å²) in [6.07, 6.45) is 5.53. The van der Waals surface area contributed by atoms with Gasteiger partial charge in [0.1, 0.15) is 11.4 Å². The number of nitrogen functional groups attached to an aromatic ring is 1. The van der Waals surface area contributed by atoms with E-state index in [-0.39, 0.29) is 17.8 Å². The second kappa shape index (κ2) is 7.52. The number of pyridine rings is 1. The van der Waals surface area contributed by atoms with Crippen molar-refractivity contribution in [3.05, 3.63) is 65.4 Å². The Morgan fingerprint density at radius 1 is 1.25 bits per heavy atom. The molecule has 0 saturated carbocycles. The van der Waals surface area contributed by atoms with Gasteiger partial charge in [0, 0.05) is 30.9 Å². The maximum atomic E-state index is 13.3. The number of fused-ring (bicyclic) bond motifs is 2. The fraction of sp³-hybridized carbons (Fsp3) is 0.217. The quantitative estimate of drug-likeness (QED) is 0.518. The molecular weight excluding hydrogens is 404 g/mol. The number of likely N-dealkylation sites (N-methyl/N-ethyl adjacent to an activating group) is 1. The second-order valence-electron chi connectivity index (χ2n) is 8.02. The maximum Gasteiger partial charge on any atom is 0.259 e. The van der Waals surface area contributed by atoms with Gasteiger partial charge in [0.25, 0.3) is 5.91 Å². The van der Waals surface area contributed by atoms with Gasteiger partial charge >= 0.3 is 0 Å². The van der Waals surface area contributed by atoms with Gasteiger partial charge in [0.15, 0.2) is 5.82 Å². The molecule has 0 spiro atoms. The Labute approximate surface area is 185 Å². The van der Waals surface area contributed by atoms with Gasteiger partial charge in [-0.25, -0.2) is 9.20 Å². The molecule has 1 unspecified atom stereocenters. The summed E-state index contributed by atoms with van der Waals surface area (Å²) in [5.74, 6) is 0.615. The van der Waals surface area contributed by atoms with Crippen LogP contribution in [0.4, 0.5) is 11.6 Å². The van der Waals surface area contributed by atoms with E-state index < -0.39 is 0 Å². The Balaban J connectivity index is 1.57. The van der Waals surface area contributed by atoms with Crippen LogP contribution in [0.5, 0.6) is 0 Å². The van der Waals surface area contributed by atoms with Crippen LogP contribution >= 0.6 is 0 Å². The molecule has 1 aliphatic heterocycles. The molecule has 9 nitrogen and oxygen atoms in total. The van der Waals surface area contributed by atoms with Crippen LogP contribution in [0.25, 0.3) is 23.0 Å². The highest BCUT2D eigenvalue weighted by atomic mass is 16.1. The third-order valence-corrected chi connectivity index (χ3v) is 5.80. The zero-order valence-corrected chi connectivity index (χ0v) is 18.1. The summed E-state index contributed by atoms with van der Waals surface area (Å²) in [7, 11) is 1.91. The number of rotatable bonds is 4. The van der Waals surface area contributed by atoms with Gasteiger partial charge in [-0.2, -0.15) is 0 Å². The number of aryl methyl sites for hydroxylation is 1. The SMILES string of the molecule is Cc1cc(C(C)NC(=O)c2c(N)nn3c2N(C)CC=C3)c(-c2ccccc2)n2nncc12. The Morgan fingerprint density at radius 2 is 2.03 bits per heavy atom. The first-order chi connectivity index (χ1) is 15.5. The third kappa shape index (κ3) is 3.09. The van der Waals surface area contributed by atoms with E-state index in [0.717, 1.165) is 27.9 Å². The molecule has 3 aromatic heterocycles. The standard InChI is InChI=1S/C23H24N8O/c1-14-12-17(20(16-8-5-4-6-9-16)31-18(14)13-25-28-31)15(2)26-22(32)19-21(24)27-30-11-7-10-29(3)23(19)30/h4-9,11-13,15H,10H2,1-3H3,(H2,24,27)(H,26,32). The Morgan fingerprint density at radius 3 is 2.81 bits per heavy atom. The van der Waals surface area contributed by atoms with Crippen molar-refractivity contribution in [3.8, 4) is 11.3 Å². The molecule has 4 heterocycles. The van der Waals surface area contributed by atoms with Gasteiger partial charge in [-0.15, -0.1) is 10.2 Å². The summed E-state index contributed by atoms with van der Waals surface area (Å²) in [6, 6.07) is 11.7. The van der Waals surface area contributed by atoms with Crippen molar-refractivity contribution in [1.82, 2.24) is 29.9 Å². The normalized spacial score (nSPS) is 13.9. The number of nitrogens with zero attached hydrogens (tertiary/aromatic N) is 6. The molecule has 4 aromatic rings. The van der Waals surface area contributed by atoms with E-state index in [2.05, 4.69) is 26.8 Å². The predicted molar refractivity (Wildman–Crippen MR) is 124 cm³/mol. The van der Waals surface area contributed by atoms with Crippen LogP contribution in [-0.4, -0.2) is 44.1 Å². The second-order valence-corrected chi connectivity index (χ2v) is 8.02. The van der Waals surface area contributed by atoms with E-state index in [1.807, 2.05) is 72.9 Å². The Kier molecular flexibility index (Phi) is 4.66. The number of hydrogen-bond acceptors (Lipinski definition) is 6. The molecule has 1 amide bonds. The van der Waals surface area contributed by atoms with Crippen LogP contribution in [0.2, 0.25) is 0 Å². The van der Waals surface area contributed by atoms with Crippen LogP contribution in [0.15, 0.2) is 48.7 Å². The smallest absolute Gasteiger partial charge is 0.259 e. The molecular formula is C23H24N8O. The fourth-order valence-corrected chi connectivity index (χ4v) is 4.25. The number of nitrogens with one attached hydrogen (secondary N) is 1. The molecule has 5 rings (SSSR count). The molecule has 0 bridgehead atoms. The molecule has 0 saturated heterocycles. The molecule has 0 fully saturated rings. The number of anilines is 2. The molecule has 32 heavy (non-hydrogen) atoms. The van der Waals surface area contributed by atoms with Crippen LogP contribution < -0.4 is 16.0 Å². The molecule has 3 N–H and O–H groups in total. The van der Waals surface area contributed by atoms with E-state index in [4.69, 9.17) is 5.73 Å². The molecule has 9 heteroatoms. The van der Waals surface area contributed by atoms with Crippen molar-refractivity contribution in [2.24, 2.45) is 0 Å². The van der Waals surface area contributed by atoms with Crippen LogP contribution in [0.1, 0.15) is 34.5 Å². The first kappa shape index (κ1) is 19.8. The van der Waals surface area contributed by atoms with E-state index in [0.29, 0.717) is 17.9 Å². The monoisotopic (exact) mass is 428 g/mol. The molecule has 162 valence electrons. The van der Waals surface area contributed by atoms with E-state index in [1.165, 1.54) is 0 Å². The van der Waals surface area contributed by atoms with Crippen molar-refractivity contribution in [1.29, 1.82) is 0 Å². The van der Waals surface area contributed by atoms with E-state index >= 15 is 0 Å². The lowest BCUT2D eigenvalue weighted by atomic mass is 9.98. The lowest BCUT2D eigenvalue weighted by Gasteiger charge is -2.23. The lowest BCUT2D eigenvalue weighted by Crippen LogP contribution is -2.31. The van der Waals surface area contributed by atoms with Crippen molar-refractivity contribution in [2.75, 3.05) is 24.2 Å². The summed E-state index contributed by atoms with van der Waals surface area (Å²) >= 11 is 0. The molecule has 1 atom stereocenters. The molecule has 0 aliphatic carbocycles. The number of carbonyl (C=O) groups excluding carboxylic acids is 1. The molecule has 0 radical (unpaired) electrons. The van der Waals surface area contributed by atoms with Gasteiger partial charge in [0.2, 0.25) is 0 Å². The van der Waals surface area contributed by atoms with Gasteiger partial charge in [-0.1, -0.05) is 35.5 Å². The highest BCUT2D eigenvalue weighted by Crippen LogP contribution is 2.32. The Hall–Kier alpha value is -4.14. The topological polar surface area (TPSA) is 106 Å². The van der Waals surface area contributed by atoms with Gasteiger partial charge in [-0.3, -0.25) is 4.79 Å². The van der Waals surface area contributed by atoms with Crippen molar-refractivity contribution in [3.63, 3.8) is 0 Å². The average Bonchev–Trinajstić information content (AvgIpc) is 3.39. The number of benzene rings is 1. The average molecular weight is 429 g/mol. The Bertz CT molecular complexity index is 1350. The number of nitrogens with two attached hydrogens (primary N) is 1. The fourth-order valence-electron chi connectivity index (χ4n) is 4.25. The molecule has 1 aromatic carbocycles. The first-order valence-corrected chi connectivity index (χ1v) is 10.4. The first-order valence-electron chi connectivity index (χ1n) is 10.4. The number of amides is 1. The highest BCUT2D eigenvalue weighted by Gasteiger charge is 2.28. The summed E-state index contributed by atoms with van der Waals surface area (Å²) in [5.41, 5.74) is 11.3. The summed E-state index contributed by atoms with van der Waals surface area (Å²) < 4.78 is 3.47. The minimum Gasteiger partial charge on any atom is -0.381 e. The summed E-state index contributed by atoms with van der Waals surface area (Å²) in [5, 5.41) is 15.8. The third-order valence-electron chi connectivity index (χ3n) is 5.80. The molecule has 1 aliphatic rings. The van der Waals surface area contributed by atoms with Crippen molar-refractivity contribution >= 4 is 29.3 Å². The maximum absolute atomic E-state index is 13.3. The van der Waals surface area contributed by atoms with E-state index in [1.54, 1.807) is 10.9 Å². The highest BCUT2D eigenvalue weighted by molar-refractivity contribution is 6.04. The number of hydrogen-bond donors (Lipinski definition) is 2. The predicted octanol–water partition coefficient (Wildman–Crippen LogP) is 2.89. The van der Waals surface area contributed by atoms with Gasteiger partial charge in [0.05, 0.1) is 23.4 Å². The zero-order valence-electron chi connectivity index (χ0n) is 18.1. The van der Waals surface area contributed by atoms with E-state index in [9.17, 15) is 4.79 Å². The van der Waals surface area contributed by atoms with Crippen LogP contribution in [0, 0.1) is 6.92 Å². The summed E-state index contributed by atoms with van der Waals surface area (Å²) in [4.78, 5) is 15.3. The van der Waals surface area contributed by atoms with Gasteiger partial charge in [-0.05, 0) is 31.6 Å². The van der Waals surface area contributed by atoms with Crippen molar-refractivity contribution < 1.29 is 4.79 Å². The van der Waals surface area contributed by atoms with Crippen LogP contribution in [-0.2, 0) is 0 Å². The number of carbonyl (C=O) groups is 1. The summed E-state index contributed by atoms with van der Waals surface area (Å²) in [6.45, 7) is 4.65. The van der Waals surface area contributed by atoms with Gasteiger partial charge < -0.3 is 16.0 Å². The van der Waals surface area contributed by atoms with Crippen LogP contribution in [0.3, 0.4) is 0 Å². The largest absolute Gasteiger partial charge is 0.381 e. The van der Waals surface area contributed by atoms with Crippen molar-refractivity contribution in [2.45, 2.75) is 19.9 Å².